The maximum atomic E-state index is 12.2. The third kappa shape index (κ3) is 3.67. The highest BCUT2D eigenvalue weighted by molar-refractivity contribution is 5.90. The van der Waals surface area contributed by atoms with E-state index in [4.69, 9.17) is 4.74 Å². The summed E-state index contributed by atoms with van der Waals surface area (Å²) in [5, 5.41) is 4.26. The molecule has 5 nitrogen and oxygen atoms in total. The summed E-state index contributed by atoms with van der Waals surface area (Å²) in [4.78, 5) is 20.8. The van der Waals surface area contributed by atoms with Crippen LogP contribution in [0, 0.1) is 5.92 Å². The van der Waals surface area contributed by atoms with Crippen molar-refractivity contribution in [2.24, 2.45) is 5.92 Å². The van der Waals surface area contributed by atoms with Gasteiger partial charge in [-0.15, -0.1) is 0 Å². The van der Waals surface area contributed by atoms with E-state index in [9.17, 15) is 4.79 Å². The van der Waals surface area contributed by atoms with Crippen molar-refractivity contribution in [3.63, 3.8) is 0 Å². The molecule has 3 aromatic rings. The second kappa shape index (κ2) is 7.52. The number of benzene rings is 2. The first kappa shape index (κ1) is 16.5. The largest absolute Gasteiger partial charge is 0.426 e. The Morgan fingerprint density at radius 3 is 2.54 bits per heavy atom. The van der Waals surface area contributed by atoms with Crippen LogP contribution in [-0.2, 0) is 4.79 Å². The summed E-state index contributed by atoms with van der Waals surface area (Å²) in [6.45, 7) is 0. The van der Waals surface area contributed by atoms with Crippen molar-refractivity contribution in [2.75, 3.05) is 5.32 Å². The van der Waals surface area contributed by atoms with Crippen LogP contribution in [0.1, 0.15) is 32.1 Å². The maximum absolute atomic E-state index is 12.2. The van der Waals surface area contributed by atoms with E-state index in [-0.39, 0.29) is 11.9 Å². The average Bonchev–Trinajstić information content (AvgIpc) is 2.70. The number of aromatic nitrogens is 2. The molecule has 1 fully saturated rings. The lowest BCUT2D eigenvalue weighted by Gasteiger charge is -2.19. The van der Waals surface area contributed by atoms with E-state index < -0.39 is 0 Å². The Hall–Kier alpha value is -2.95. The number of para-hydroxylation sites is 1. The Balaban J connectivity index is 1.45. The van der Waals surface area contributed by atoms with Gasteiger partial charge in [-0.25, -0.2) is 9.97 Å². The van der Waals surface area contributed by atoms with Crippen molar-refractivity contribution in [3.05, 3.63) is 54.9 Å². The summed E-state index contributed by atoms with van der Waals surface area (Å²) < 4.78 is 5.54. The summed E-state index contributed by atoms with van der Waals surface area (Å²) in [6, 6.07) is 15.3. The highest BCUT2D eigenvalue weighted by Crippen LogP contribution is 2.27. The van der Waals surface area contributed by atoms with Gasteiger partial charge >= 0.3 is 5.97 Å². The first-order chi connectivity index (χ1) is 12.8. The molecule has 132 valence electrons. The van der Waals surface area contributed by atoms with E-state index in [1.807, 2.05) is 48.5 Å². The van der Waals surface area contributed by atoms with Gasteiger partial charge in [0.2, 0.25) is 0 Å². The fourth-order valence-electron chi connectivity index (χ4n) is 3.39. The van der Waals surface area contributed by atoms with Crippen LogP contribution in [0.25, 0.3) is 10.9 Å². The van der Waals surface area contributed by atoms with Gasteiger partial charge in [0.25, 0.3) is 0 Å². The van der Waals surface area contributed by atoms with E-state index in [0.717, 1.165) is 48.1 Å². The zero-order valence-corrected chi connectivity index (χ0v) is 14.5. The van der Waals surface area contributed by atoms with Crippen molar-refractivity contribution in [1.29, 1.82) is 0 Å². The predicted molar refractivity (Wildman–Crippen MR) is 101 cm³/mol. The summed E-state index contributed by atoms with van der Waals surface area (Å²) in [5.74, 6) is 1.28. The number of carbonyl (C=O) groups excluding carboxylic acids is 1. The molecule has 0 unspecified atom stereocenters. The zero-order chi connectivity index (χ0) is 17.8. The fourth-order valence-corrected chi connectivity index (χ4v) is 3.39. The Morgan fingerprint density at radius 2 is 1.73 bits per heavy atom. The molecule has 1 saturated carbocycles. The van der Waals surface area contributed by atoms with Gasteiger partial charge in [0.1, 0.15) is 17.9 Å². The van der Waals surface area contributed by atoms with Crippen molar-refractivity contribution < 1.29 is 9.53 Å². The Labute approximate surface area is 152 Å². The summed E-state index contributed by atoms with van der Waals surface area (Å²) in [5.41, 5.74) is 1.77. The van der Waals surface area contributed by atoms with Crippen LogP contribution in [0.15, 0.2) is 54.9 Å². The Kier molecular flexibility index (Phi) is 4.78. The van der Waals surface area contributed by atoms with Crippen LogP contribution < -0.4 is 10.1 Å². The number of fused-ring (bicyclic) bond motifs is 1. The van der Waals surface area contributed by atoms with E-state index in [2.05, 4.69) is 15.3 Å². The molecule has 0 saturated heterocycles. The van der Waals surface area contributed by atoms with Crippen molar-refractivity contribution in [3.8, 4) is 5.75 Å². The molecule has 1 heterocycles. The predicted octanol–water partition coefficient (Wildman–Crippen LogP) is 4.86. The van der Waals surface area contributed by atoms with Gasteiger partial charge in [-0.05, 0) is 49.2 Å². The fraction of sp³-hybridized carbons (Fsp3) is 0.286. The zero-order valence-electron chi connectivity index (χ0n) is 14.5. The molecule has 1 aliphatic rings. The number of rotatable bonds is 4. The van der Waals surface area contributed by atoms with Crippen LogP contribution in [0.2, 0.25) is 0 Å². The molecule has 26 heavy (non-hydrogen) atoms. The number of hydrogen-bond donors (Lipinski definition) is 1. The number of hydrogen-bond acceptors (Lipinski definition) is 5. The number of anilines is 2. The highest BCUT2D eigenvalue weighted by Gasteiger charge is 2.22. The van der Waals surface area contributed by atoms with Crippen LogP contribution in [0.5, 0.6) is 5.75 Å². The summed E-state index contributed by atoms with van der Waals surface area (Å²) >= 11 is 0. The lowest BCUT2D eigenvalue weighted by Crippen LogP contribution is -2.22. The second-order valence-electron chi connectivity index (χ2n) is 6.64. The molecule has 2 aromatic carbocycles. The molecule has 4 rings (SSSR count). The van der Waals surface area contributed by atoms with Gasteiger partial charge in [0.15, 0.2) is 0 Å². The topological polar surface area (TPSA) is 64.1 Å². The van der Waals surface area contributed by atoms with Crippen LogP contribution >= 0.6 is 0 Å². The average molecular weight is 347 g/mol. The van der Waals surface area contributed by atoms with Crippen molar-refractivity contribution in [2.45, 2.75) is 32.1 Å². The molecule has 1 aliphatic carbocycles. The molecule has 0 aliphatic heterocycles. The number of esters is 1. The minimum Gasteiger partial charge on any atom is -0.426 e. The van der Waals surface area contributed by atoms with Gasteiger partial charge in [-0.2, -0.15) is 0 Å². The lowest BCUT2D eigenvalue weighted by atomic mass is 9.89. The Bertz CT molecular complexity index is 897. The molecule has 0 spiro atoms. The van der Waals surface area contributed by atoms with Gasteiger partial charge in [-0.3, -0.25) is 4.79 Å². The first-order valence-electron chi connectivity index (χ1n) is 9.08. The van der Waals surface area contributed by atoms with Gasteiger partial charge in [-0.1, -0.05) is 31.4 Å². The molecule has 5 heteroatoms. The summed E-state index contributed by atoms with van der Waals surface area (Å²) in [7, 11) is 0. The molecular formula is C21H21N3O2. The molecule has 0 radical (unpaired) electrons. The lowest BCUT2D eigenvalue weighted by molar-refractivity contribution is -0.139. The molecule has 0 atom stereocenters. The minimum atomic E-state index is -0.104. The quantitative estimate of drug-likeness (QED) is 0.539. The minimum absolute atomic E-state index is 0.0499. The van der Waals surface area contributed by atoms with Crippen LogP contribution in [0.3, 0.4) is 0 Å². The van der Waals surface area contributed by atoms with E-state index >= 15 is 0 Å². The molecule has 0 amide bonds. The number of carbonyl (C=O) groups is 1. The highest BCUT2D eigenvalue weighted by atomic mass is 16.5. The molecule has 0 bridgehead atoms. The van der Waals surface area contributed by atoms with Crippen molar-refractivity contribution in [1.82, 2.24) is 9.97 Å². The SMILES string of the molecule is O=C(Oc1ccc(Nc2ncnc3ccccc23)cc1)C1CCCCC1. The van der Waals surface area contributed by atoms with Gasteiger partial charge in [0, 0.05) is 11.1 Å². The summed E-state index contributed by atoms with van der Waals surface area (Å²) in [6.07, 6.45) is 6.90. The molecule has 1 aromatic heterocycles. The maximum Gasteiger partial charge on any atom is 0.314 e. The normalized spacial score (nSPS) is 14.9. The van der Waals surface area contributed by atoms with Gasteiger partial charge < -0.3 is 10.1 Å². The Morgan fingerprint density at radius 1 is 0.962 bits per heavy atom. The number of nitrogens with one attached hydrogen (secondary N) is 1. The van der Waals surface area contributed by atoms with Crippen LogP contribution in [-0.4, -0.2) is 15.9 Å². The van der Waals surface area contributed by atoms with Gasteiger partial charge in [0.05, 0.1) is 11.4 Å². The molecular weight excluding hydrogens is 326 g/mol. The van der Waals surface area contributed by atoms with E-state index in [0.29, 0.717) is 5.75 Å². The number of ether oxygens (including phenoxy) is 1. The third-order valence-electron chi connectivity index (χ3n) is 4.82. The number of nitrogens with zero attached hydrogens (tertiary/aromatic N) is 2. The first-order valence-corrected chi connectivity index (χ1v) is 9.08. The molecule has 1 N–H and O–H groups in total. The van der Waals surface area contributed by atoms with Crippen LogP contribution in [0.4, 0.5) is 11.5 Å². The second-order valence-corrected chi connectivity index (χ2v) is 6.64. The van der Waals surface area contributed by atoms with E-state index in [1.54, 1.807) is 6.33 Å². The smallest absolute Gasteiger partial charge is 0.314 e. The third-order valence-corrected chi connectivity index (χ3v) is 4.82. The monoisotopic (exact) mass is 347 g/mol. The standard InChI is InChI=1S/C21H21N3O2/c25-21(15-6-2-1-3-7-15)26-17-12-10-16(11-13-17)24-20-18-8-4-5-9-19(18)22-14-23-20/h4-5,8-15H,1-3,6-7H2,(H,22,23,24). The van der Waals surface area contributed by atoms with E-state index in [1.165, 1.54) is 6.42 Å². The van der Waals surface area contributed by atoms with Crippen molar-refractivity contribution >= 4 is 28.4 Å².